The maximum atomic E-state index is 11.9. The minimum Gasteiger partial charge on any atom is -0.480 e. The van der Waals surface area contributed by atoms with E-state index in [-0.39, 0.29) is 17.3 Å². The van der Waals surface area contributed by atoms with Crippen LogP contribution in [0.15, 0.2) is 24.9 Å². The standard InChI is InChI=1S/C11H10ClN5O3/c12-9-4-13-3-8(16-9)10(18)17-7(11(19)20)1-6-2-14-5-15-6/h2-5,7H,1H2,(H,14,15)(H,17,18)(H,19,20)/t7-/m0/s1. The van der Waals surface area contributed by atoms with Crippen LogP contribution in [0.4, 0.5) is 0 Å². The van der Waals surface area contributed by atoms with Crippen LogP contribution in [0.3, 0.4) is 0 Å². The number of rotatable bonds is 5. The maximum absolute atomic E-state index is 11.9. The number of carbonyl (C=O) groups is 2. The number of aliphatic carboxylic acids is 1. The summed E-state index contributed by atoms with van der Waals surface area (Å²) in [7, 11) is 0. The van der Waals surface area contributed by atoms with Gasteiger partial charge in [-0.15, -0.1) is 0 Å². The van der Waals surface area contributed by atoms with Crippen molar-refractivity contribution < 1.29 is 14.7 Å². The van der Waals surface area contributed by atoms with E-state index in [4.69, 9.17) is 16.7 Å². The first-order valence-corrected chi connectivity index (χ1v) is 5.92. The number of carboxylic acids is 1. The normalized spacial score (nSPS) is 11.8. The summed E-state index contributed by atoms with van der Waals surface area (Å²) in [5.74, 6) is -1.82. The van der Waals surface area contributed by atoms with E-state index in [1.54, 1.807) is 0 Å². The smallest absolute Gasteiger partial charge is 0.326 e. The molecule has 9 heteroatoms. The van der Waals surface area contributed by atoms with Crippen molar-refractivity contribution in [3.05, 3.63) is 41.5 Å². The molecule has 0 aromatic carbocycles. The van der Waals surface area contributed by atoms with Gasteiger partial charge < -0.3 is 15.4 Å². The van der Waals surface area contributed by atoms with Crippen molar-refractivity contribution in [1.82, 2.24) is 25.3 Å². The van der Waals surface area contributed by atoms with Crippen LogP contribution in [0.1, 0.15) is 16.2 Å². The molecule has 1 amide bonds. The Bertz CT molecular complexity index is 616. The predicted octanol–water partition coefficient (Wildman–Crippen LogP) is 0.279. The van der Waals surface area contributed by atoms with Crippen LogP contribution in [0.25, 0.3) is 0 Å². The van der Waals surface area contributed by atoms with E-state index in [9.17, 15) is 9.59 Å². The maximum Gasteiger partial charge on any atom is 0.326 e. The van der Waals surface area contributed by atoms with E-state index in [0.29, 0.717) is 5.69 Å². The molecule has 2 aromatic rings. The van der Waals surface area contributed by atoms with Crippen molar-refractivity contribution in [3.8, 4) is 0 Å². The lowest BCUT2D eigenvalue weighted by Crippen LogP contribution is -2.42. The number of carboxylic acid groups (broad SMARTS) is 1. The van der Waals surface area contributed by atoms with Crippen LogP contribution in [0, 0.1) is 0 Å². The van der Waals surface area contributed by atoms with Crippen molar-refractivity contribution >= 4 is 23.5 Å². The minimum atomic E-state index is -1.16. The summed E-state index contributed by atoms with van der Waals surface area (Å²) in [6.07, 6.45) is 5.47. The first-order valence-electron chi connectivity index (χ1n) is 5.54. The van der Waals surface area contributed by atoms with Gasteiger partial charge in [0.25, 0.3) is 5.91 Å². The molecule has 0 spiro atoms. The van der Waals surface area contributed by atoms with Gasteiger partial charge in [0.05, 0.1) is 18.7 Å². The van der Waals surface area contributed by atoms with E-state index in [0.717, 1.165) is 0 Å². The third-order valence-corrected chi connectivity index (χ3v) is 2.60. The molecule has 0 saturated carbocycles. The van der Waals surface area contributed by atoms with E-state index in [1.165, 1.54) is 24.9 Å². The second kappa shape index (κ2) is 6.11. The van der Waals surface area contributed by atoms with Gasteiger partial charge in [-0.2, -0.15) is 0 Å². The Morgan fingerprint density at radius 1 is 1.35 bits per heavy atom. The van der Waals surface area contributed by atoms with Crippen molar-refractivity contribution in [2.45, 2.75) is 12.5 Å². The zero-order valence-corrected chi connectivity index (χ0v) is 10.8. The summed E-state index contributed by atoms with van der Waals surface area (Å²) in [5, 5.41) is 11.5. The van der Waals surface area contributed by atoms with Crippen LogP contribution >= 0.6 is 11.6 Å². The number of hydrogen-bond acceptors (Lipinski definition) is 5. The first-order chi connectivity index (χ1) is 9.56. The summed E-state index contributed by atoms with van der Waals surface area (Å²) >= 11 is 5.62. The topological polar surface area (TPSA) is 121 Å². The van der Waals surface area contributed by atoms with Crippen LogP contribution in [-0.4, -0.2) is 43.0 Å². The number of imidazole rings is 1. The highest BCUT2D eigenvalue weighted by Gasteiger charge is 2.22. The zero-order valence-electron chi connectivity index (χ0n) is 10.1. The minimum absolute atomic E-state index is 0.0478. The zero-order chi connectivity index (χ0) is 14.5. The van der Waals surface area contributed by atoms with Gasteiger partial charge in [-0.05, 0) is 0 Å². The molecule has 0 aliphatic rings. The van der Waals surface area contributed by atoms with Crippen molar-refractivity contribution in [1.29, 1.82) is 0 Å². The lowest BCUT2D eigenvalue weighted by Gasteiger charge is -2.13. The van der Waals surface area contributed by atoms with Gasteiger partial charge in [-0.3, -0.25) is 9.78 Å². The third kappa shape index (κ3) is 3.51. The molecule has 0 saturated heterocycles. The number of H-pyrrole nitrogens is 1. The van der Waals surface area contributed by atoms with Gasteiger partial charge in [0.1, 0.15) is 16.9 Å². The molecule has 0 unspecified atom stereocenters. The van der Waals surface area contributed by atoms with Crippen LogP contribution in [0.5, 0.6) is 0 Å². The van der Waals surface area contributed by atoms with Gasteiger partial charge in [-0.1, -0.05) is 11.6 Å². The lowest BCUT2D eigenvalue weighted by molar-refractivity contribution is -0.139. The highest BCUT2D eigenvalue weighted by Crippen LogP contribution is 2.04. The summed E-state index contributed by atoms with van der Waals surface area (Å²) in [4.78, 5) is 37.1. The van der Waals surface area contributed by atoms with Gasteiger partial charge >= 0.3 is 5.97 Å². The summed E-state index contributed by atoms with van der Waals surface area (Å²) in [5.41, 5.74) is 0.545. The monoisotopic (exact) mass is 295 g/mol. The Balaban J connectivity index is 2.08. The summed E-state index contributed by atoms with van der Waals surface area (Å²) in [6, 6.07) is -1.11. The van der Waals surface area contributed by atoms with E-state index >= 15 is 0 Å². The highest BCUT2D eigenvalue weighted by atomic mass is 35.5. The number of hydrogen-bond donors (Lipinski definition) is 3. The molecule has 2 rings (SSSR count). The number of aromatic nitrogens is 4. The molecule has 20 heavy (non-hydrogen) atoms. The molecule has 3 N–H and O–H groups in total. The average molecular weight is 296 g/mol. The van der Waals surface area contributed by atoms with Crippen molar-refractivity contribution in [3.63, 3.8) is 0 Å². The Hall–Kier alpha value is -2.48. The SMILES string of the molecule is O=C(N[C@@H](Cc1cnc[nH]1)C(=O)O)c1cncc(Cl)n1. The number of nitrogens with one attached hydrogen (secondary N) is 2. The molecule has 0 aliphatic heterocycles. The molecule has 0 radical (unpaired) electrons. The van der Waals surface area contributed by atoms with Gasteiger partial charge in [-0.25, -0.2) is 14.8 Å². The molecule has 0 fully saturated rings. The fraction of sp³-hybridized carbons (Fsp3) is 0.182. The fourth-order valence-corrected chi connectivity index (χ4v) is 1.65. The number of aromatic amines is 1. The molecule has 2 aromatic heterocycles. The molecular formula is C11H10ClN5O3. The van der Waals surface area contributed by atoms with Crippen LogP contribution in [-0.2, 0) is 11.2 Å². The molecule has 0 bridgehead atoms. The number of nitrogens with zero attached hydrogens (tertiary/aromatic N) is 3. The highest BCUT2D eigenvalue weighted by molar-refractivity contribution is 6.29. The van der Waals surface area contributed by atoms with Crippen molar-refractivity contribution in [2.75, 3.05) is 0 Å². The largest absolute Gasteiger partial charge is 0.480 e. The Morgan fingerprint density at radius 3 is 2.75 bits per heavy atom. The average Bonchev–Trinajstić information content (AvgIpc) is 2.90. The lowest BCUT2D eigenvalue weighted by atomic mass is 10.1. The third-order valence-electron chi connectivity index (χ3n) is 2.42. The molecular weight excluding hydrogens is 286 g/mol. The van der Waals surface area contributed by atoms with Gasteiger partial charge in [0, 0.05) is 18.3 Å². The van der Waals surface area contributed by atoms with Gasteiger partial charge in [0.2, 0.25) is 0 Å². The van der Waals surface area contributed by atoms with E-state index in [1.807, 2.05) is 0 Å². The van der Waals surface area contributed by atoms with E-state index < -0.39 is 17.9 Å². The molecule has 104 valence electrons. The predicted molar refractivity (Wildman–Crippen MR) is 68.2 cm³/mol. The molecule has 8 nitrogen and oxygen atoms in total. The second-order valence-electron chi connectivity index (χ2n) is 3.87. The Kier molecular flexibility index (Phi) is 4.26. The molecule has 0 aliphatic carbocycles. The van der Waals surface area contributed by atoms with Crippen molar-refractivity contribution in [2.24, 2.45) is 0 Å². The summed E-state index contributed by atoms with van der Waals surface area (Å²) in [6.45, 7) is 0. The van der Waals surface area contributed by atoms with Crippen LogP contribution < -0.4 is 5.32 Å². The van der Waals surface area contributed by atoms with E-state index in [2.05, 4.69) is 25.3 Å². The Labute approximate surface area is 118 Å². The quantitative estimate of drug-likeness (QED) is 0.728. The number of amides is 1. The number of carbonyl (C=O) groups excluding carboxylic acids is 1. The Morgan fingerprint density at radius 2 is 2.15 bits per heavy atom. The number of halogens is 1. The summed E-state index contributed by atoms with van der Waals surface area (Å²) < 4.78 is 0. The first kappa shape index (κ1) is 13.9. The van der Waals surface area contributed by atoms with Crippen LogP contribution in [0.2, 0.25) is 5.15 Å². The molecule has 1 atom stereocenters. The molecule has 2 heterocycles. The fourth-order valence-electron chi connectivity index (χ4n) is 1.50. The van der Waals surface area contributed by atoms with Gasteiger partial charge in [0.15, 0.2) is 0 Å². The second-order valence-corrected chi connectivity index (χ2v) is 4.26.